The summed E-state index contributed by atoms with van der Waals surface area (Å²) >= 11 is 0. The minimum absolute atomic E-state index is 0.0966. The summed E-state index contributed by atoms with van der Waals surface area (Å²) in [6.45, 7) is 3.84. The molecule has 160 valence electrons. The van der Waals surface area contributed by atoms with Crippen LogP contribution in [0.3, 0.4) is 0 Å². The third kappa shape index (κ3) is 3.67. The molecule has 0 saturated carbocycles. The molecule has 10 heteroatoms. The van der Waals surface area contributed by atoms with Crippen molar-refractivity contribution in [3.8, 4) is 5.69 Å². The molecule has 3 heterocycles. The Morgan fingerprint density at radius 1 is 1.06 bits per heavy atom. The van der Waals surface area contributed by atoms with Crippen LogP contribution in [-0.2, 0) is 36.8 Å². The normalized spacial score (nSPS) is 11.2. The van der Waals surface area contributed by atoms with Crippen molar-refractivity contribution in [3.63, 3.8) is 0 Å². The SMILES string of the molecule is Cc1cc(C)n(-c2ccc(COC(=O)Cn3cnc4c3c(=O)n(C)c(=O)n4C)cc2)n1. The zero-order chi connectivity index (χ0) is 22.3. The van der Waals surface area contributed by atoms with Crippen LogP contribution in [0.5, 0.6) is 0 Å². The van der Waals surface area contributed by atoms with Crippen LogP contribution in [-0.4, -0.2) is 34.4 Å². The van der Waals surface area contributed by atoms with Crippen LogP contribution in [0.25, 0.3) is 16.9 Å². The molecule has 0 aliphatic heterocycles. The highest BCUT2D eigenvalue weighted by Gasteiger charge is 2.16. The molecule has 0 amide bonds. The van der Waals surface area contributed by atoms with E-state index in [2.05, 4.69) is 10.1 Å². The summed E-state index contributed by atoms with van der Waals surface area (Å²) in [6.07, 6.45) is 1.36. The van der Waals surface area contributed by atoms with Crippen molar-refractivity contribution in [1.82, 2.24) is 28.5 Å². The largest absolute Gasteiger partial charge is 0.459 e. The van der Waals surface area contributed by atoms with Crippen LogP contribution in [0.1, 0.15) is 17.0 Å². The highest BCUT2D eigenvalue weighted by Crippen LogP contribution is 2.14. The van der Waals surface area contributed by atoms with Gasteiger partial charge in [0, 0.05) is 19.8 Å². The van der Waals surface area contributed by atoms with Gasteiger partial charge in [0.1, 0.15) is 13.2 Å². The molecule has 1 aromatic carbocycles. The van der Waals surface area contributed by atoms with E-state index in [9.17, 15) is 14.4 Å². The molecule has 10 nitrogen and oxygen atoms in total. The average molecular weight is 422 g/mol. The molecule has 0 unspecified atom stereocenters. The van der Waals surface area contributed by atoms with Gasteiger partial charge in [-0.1, -0.05) is 12.1 Å². The van der Waals surface area contributed by atoms with Gasteiger partial charge in [0.15, 0.2) is 11.2 Å². The summed E-state index contributed by atoms with van der Waals surface area (Å²) in [6, 6.07) is 9.57. The number of fused-ring (bicyclic) bond motifs is 1. The number of carbonyl (C=O) groups is 1. The second kappa shape index (κ2) is 7.71. The number of aryl methyl sites for hydroxylation is 3. The van der Waals surface area contributed by atoms with Gasteiger partial charge in [-0.2, -0.15) is 5.10 Å². The Bertz CT molecular complexity index is 1400. The zero-order valence-electron chi connectivity index (χ0n) is 17.7. The molecule has 0 spiro atoms. The van der Waals surface area contributed by atoms with Gasteiger partial charge in [-0.15, -0.1) is 0 Å². The summed E-state index contributed by atoms with van der Waals surface area (Å²) in [5.74, 6) is -0.516. The molecule has 0 bridgehead atoms. The van der Waals surface area contributed by atoms with Gasteiger partial charge >= 0.3 is 11.7 Å². The molecule has 4 aromatic rings. The highest BCUT2D eigenvalue weighted by atomic mass is 16.5. The van der Waals surface area contributed by atoms with E-state index in [1.165, 1.54) is 29.6 Å². The first-order valence-electron chi connectivity index (χ1n) is 9.65. The van der Waals surface area contributed by atoms with Crippen LogP contribution >= 0.6 is 0 Å². The Hall–Kier alpha value is -3.95. The number of carbonyl (C=O) groups excluding carboxylic acids is 1. The molecule has 0 fully saturated rings. The lowest BCUT2D eigenvalue weighted by atomic mass is 10.2. The van der Waals surface area contributed by atoms with Crippen LogP contribution in [0.15, 0.2) is 46.2 Å². The van der Waals surface area contributed by atoms with Crippen molar-refractivity contribution in [3.05, 3.63) is 74.4 Å². The van der Waals surface area contributed by atoms with Gasteiger partial charge in [0.2, 0.25) is 0 Å². The van der Waals surface area contributed by atoms with Crippen LogP contribution in [0.4, 0.5) is 0 Å². The average Bonchev–Trinajstić information content (AvgIpc) is 3.32. The minimum Gasteiger partial charge on any atom is -0.459 e. The summed E-state index contributed by atoms with van der Waals surface area (Å²) in [7, 11) is 2.91. The molecule has 0 aliphatic rings. The first-order valence-corrected chi connectivity index (χ1v) is 9.65. The molecule has 4 rings (SSSR count). The van der Waals surface area contributed by atoms with E-state index in [1.54, 1.807) is 0 Å². The van der Waals surface area contributed by atoms with Gasteiger partial charge < -0.3 is 9.30 Å². The number of nitrogens with zero attached hydrogens (tertiary/aromatic N) is 6. The fraction of sp³-hybridized carbons (Fsp3) is 0.286. The Balaban J connectivity index is 1.46. The fourth-order valence-electron chi connectivity index (χ4n) is 3.49. The van der Waals surface area contributed by atoms with E-state index in [4.69, 9.17) is 4.74 Å². The fourth-order valence-corrected chi connectivity index (χ4v) is 3.49. The van der Waals surface area contributed by atoms with E-state index in [-0.39, 0.29) is 24.3 Å². The third-order valence-corrected chi connectivity index (χ3v) is 5.11. The lowest BCUT2D eigenvalue weighted by Crippen LogP contribution is -2.37. The van der Waals surface area contributed by atoms with Crippen molar-refractivity contribution in [2.45, 2.75) is 27.0 Å². The third-order valence-electron chi connectivity index (χ3n) is 5.11. The Morgan fingerprint density at radius 3 is 2.42 bits per heavy atom. The highest BCUT2D eigenvalue weighted by molar-refractivity contribution is 5.75. The minimum atomic E-state index is -0.516. The van der Waals surface area contributed by atoms with E-state index in [0.717, 1.165) is 27.2 Å². The van der Waals surface area contributed by atoms with E-state index < -0.39 is 17.2 Å². The summed E-state index contributed by atoms with van der Waals surface area (Å²) < 4.78 is 10.9. The van der Waals surface area contributed by atoms with E-state index in [0.29, 0.717) is 0 Å². The standard InChI is InChI=1S/C21H22N6O4/c1-13-9-14(2)27(23-13)16-7-5-15(6-8-16)11-31-17(28)10-26-12-22-19-18(26)20(29)25(4)21(30)24(19)3/h5-9,12H,10-11H2,1-4H3. The maximum atomic E-state index is 12.4. The summed E-state index contributed by atoms with van der Waals surface area (Å²) in [4.78, 5) is 40.9. The topological polar surface area (TPSA) is 106 Å². The number of benzene rings is 1. The van der Waals surface area contributed by atoms with Gasteiger partial charge in [-0.05, 0) is 37.6 Å². The molecular formula is C21H22N6O4. The van der Waals surface area contributed by atoms with Crippen molar-refractivity contribution in [2.75, 3.05) is 0 Å². The predicted octanol–water partition coefficient (Wildman–Crippen LogP) is 0.980. The number of hydrogen-bond donors (Lipinski definition) is 0. The predicted molar refractivity (Wildman–Crippen MR) is 113 cm³/mol. The summed E-state index contributed by atoms with van der Waals surface area (Å²) in [5, 5.41) is 4.45. The molecule has 3 aromatic heterocycles. The van der Waals surface area contributed by atoms with Crippen LogP contribution in [0.2, 0.25) is 0 Å². The van der Waals surface area contributed by atoms with Crippen LogP contribution in [0, 0.1) is 13.8 Å². The number of rotatable bonds is 5. The molecule has 0 N–H and O–H groups in total. The van der Waals surface area contributed by atoms with Crippen molar-refractivity contribution < 1.29 is 9.53 Å². The van der Waals surface area contributed by atoms with Crippen LogP contribution < -0.4 is 11.2 Å². The lowest BCUT2D eigenvalue weighted by Gasteiger charge is -2.09. The van der Waals surface area contributed by atoms with Gasteiger partial charge in [0.05, 0.1) is 17.7 Å². The number of aromatic nitrogens is 6. The molecule has 0 radical (unpaired) electrons. The Labute approximate surface area is 176 Å². The molecule has 31 heavy (non-hydrogen) atoms. The smallest absolute Gasteiger partial charge is 0.332 e. The molecular weight excluding hydrogens is 400 g/mol. The van der Waals surface area contributed by atoms with E-state index >= 15 is 0 Å². The zero-order valence-corrected chi connectivity index (χ0v) is 17.7. The van der Waals surface area contributed by atoms with Crippen molar-refractivity contribution in [1.29, 1.82) is 0 Å². The second-order valence-electron chi connectivity index (χ2n) is 7.42. The monoisotopic (exact) mass is 422 g/mol. The van der Waals surface area contributed by atoms with Gasteiger partial charge in [-0.25, -0.2) is 14.5 Å². The maximum Gasteiger partial charge on any atom is 0.332 e. The number of esters is 1. The Morgan fingerprint density at radius 2 is 1.77 bits per heavy atom. The van der Waals surface area contributed by atoms with E-state index in [1.807, 2.05) is 48.9 Å². The van der Waals surface area contributed by atoms with Gasteiger partial charge in [-0.3, -0.25) is 18.7 Å². The van der Waals surface area contributed by atoms with Crippen molar-refractivity contribution >= 4 is 17.1 Å². The molecule has 0 atom stereocenters. The molecule has 0 saturated heterocycles. The number of hydrogen-bond acceptors (Lipinski definition) is 6. The summed E-state index contributed by atoms with van der Waals surface area (Å²) in [5.41, 5.74) is 3.14. The first-order chi connectivity index (χ1) is 14.8. The quantitative estimate of drug-likeness (QED) is 0.444. The molecule has 0 aliphatic carbocycles. The number of imidazole rings is 1. The second-order valence-corrected chi connectivity index (χ2v) is 7.42. The first kappa shape index (κ1) is 20.3. The van der Waals surface area contributed by atoms with Crippen molar-refractivity contribution in [2.24, 2.45) is 14.1 Å². The lowest BCUT2D eigenvalue weighted by molar-refractivity contribution is -0.145. The number of ether oxygens (including phenoxy) is 1. The van der Waals surface area contributed by atoms with Gasteiger partial charge in [0.25, 0.3) is 5.56 Å². The maximum absolute atomic E-state index is 12.4. The Kier molecular flexibility index (Phi) is 5.05.